The Morgan fingerprint density at radius 1 is 1.00 bits per heavy atom. The Kier molecular flexibility index (Phi) is 4.64. The molecule has 0 aromatic heterocycles. The van der Waals surface area contributed by atoms with Gasteiger partial charge in [0, 0.05) is 24.2 Å². The molecule has 1 unspecified atom stereocenters. The highest BCUT2D eigenvalue weighted by Crippen LogP contribution is 2.31. The van der Waals surface area contributed by atoms with Crippen LogP contribution < -0.4 is 0 Å². The molecular weight excluding hydrogens is 330 g/mol. The van der Waals surface area contributed by atoms with Crippen LogP contribution in [0.3, 0.4) is 0 Å². The summed E-state index contributed by atoms with van der Waals surface area (Å²) >= 11 is 0. The van der Waals surface area contributed by atoms with Crippen molar-refractivity contribution in [3.8, 4) is 0 Å². The summed E-state index contributed by atoms with van der Waals surface area (Å²) in [5.74, 6) is -1.42. The lowest BCUT2D eigenvalue weighted by Gasteiger charge is -2.21. The fourth-order valence-electron chi connectivity index (χ4n) is 3.21. The van der Waals surface area contributed by atoms with Crippen LogP contribution in [0.25, 0.3) is 0 Å². The average molecular weight is 351 g/mol. The van der Waals surface area contributed by atoms with Crippen molar-refractivity contribution in [1.82, 2.24) is 4.90 Å². The first-order chi connectivity index (χ1) is 12.3. The number of likely N-dealkylation sites (tertiary alicyclic amines) is 1. The number of ketones is 1. The Hall–Kier alpha value is -2.95. The molecule has 1 atom stereocenters. The summed E-state index contributed by atoms with van der Waals surface area (Å²) in [6.07, 6.45) is 0.405. The Balaban J connectivity index is 1.90. The Bertz CT molecular complexity index is 872. The zero-order chi connectivity index (χ0) is 18.9. The molecule has 1 heterocycles. The van der Waals surface area contributed by atoms with Gasteiger partial charge in [0.25, 0.3) is 5.91 Å². The van der Waals surface area contributed by atoms with E-state index in [4.69, 9.17) is 0 Å². The summed E-state index contributed by atoms with van der Waals surface area (Å²) < 4.78 is 0. The SMILES string of the molecule is Cc1ccc(C(=O)c2ccccc2C(=O)N2CCC(C)(C(=O)O)C2)cc1. The number of aryl methyl sites for hydroxylation is 1. The van der Waals surface area contributed by atoms with E-state index in [9.17, 15) is 19.5 Å². The number of nitrogens with zero attached hydrogens (tertiary/aromatic N) is 1. The molecule has 1 fully saturated rings. The van der Waals surface area contributed by atoms with E-state index in [-0.39, 0.29) is 18.2 Å². The van der Waals surface area contributed by atoms with Gasteiger partial charge in [-0.15, -0.1) is 0 Å². The number of carboxylic acids is 1. The van der Waals surface area contributed by atoms with Crippen molar-refractivity contribution in [3.05, 3.63) is 70.8 Å². The van der Waals surface area contributed by atoms with Gasteiger partial charge in [-0.05, 0) is 26.3 Å². The molecule has 2 aromatic rings. The highest BCUT2D eigenvalue weighted by Gasteiger charge is 2.42. The van der Waals surface area contributed by atoms with Gasteiger partial charge in [0.05, 0.1) is 11.0 Å². The van der Waals surface area contributed by atoms with Gasteiger partial charge in [-0.25, -0.2) is 0 Å². The number of aliphatic carboxylic acids is 1. The monoisotopic (exact) mass is 351 g/mol. The lowest BCUT2D eigenvalue weighted by Crippen LogP contribution is -2.35. The van der Waals surface area contributed by atoms with Crippen molar-refractivity contribution in [2.24, 2.45) is 5.41 Å². The minimum Gasteiger partial charge on any atom is -0.481 e. The molecule has 134 valence electrons. The normalized spacial score (nSPS) is 19.4. The fourth-order valence-corrected chi connectivity index (χ4v) is 3.21. The van der Waals surface area contributed by atoms with Crippen molar-refractivity contribution in [2.75, 3.05) is 13.1 Å². The van der Waals surface area contributed by atoms with Crippen LogP contribution in [0.5, 0.6) is 0 Å². The Morgan fingerprint density at radius 2 is 1.62 bits per heavy atom. The van der Waals surface area contributed by atoms with Gasteiger partial charge >= 0.3 is 5.97 Å². The van der Waals surface area contributed by atoms with Gasteiger partial charge in [0.2, 0.25) is 0 Å². The maximum Gasteiger partial charge on any atom is 0.311 e. The van der Waals surface area contributed by atoms with Crippen molar-refractivity contribution in [1.29, 1.82) is 0 Å². The number of benzene rings is 2. The van der Waals surface area contributed by atoms with Gasteiger partial charge in [-0.2, -0.15) is 0 Å². The van der Waals surface area contributed by atoms with Crippen LogP contribution in [0.15, 0.2) is 48.5 Å². The van der Waals surface area contributed by atoms with Crippen molar-refractivity contribution >= 4 is 17.7 Å². The van der Waals surface area contributed by atoms with E-state index in [1.807, 2.05) is 19.1 Å². The van der Waals surface area contributed by atoms with E-state index < -0.39 is 11.4 Å². The molecule has 1 saturated heterocycles. The highest BCUT2D eigenvalue weighted by molar-refractivity contribution is 6.15. The first kappa shape index (κ1) is 17.9. The topological polar surface area (TPSA) is 74.7 Å². The van der Waals surface area contributed by atoms with Crippen LogP contribution in [0.1, 0.15) is 45.2 Å². The second-order valence-electron chi connectivity index (χ2n) is 7.08. The van der Waals surface area contributed by atoms with Gasteiger partial charge < -0.3 is 10.0 Å². The lowest BCUT2D eigenvalue weighted by molar-refractivity contribution is -0.147. The lowest BCUT2D eigenvalue weighted by atomic mass is 9.90. The number of carbonyl (C=O) groups is 3. The van der Waals surface area contributed by atoms with Gasteiger partial charge in [-0.1, -0.05) is 48.0 Å². The zero-order valence-electron chi connectivity index (χ0n) is 14.9. The fraction of sp³-hybridized carbons (Fsp3) is 0.286. The first-order valence-electron chi connectivity index (χ1n) is 8.55. The molecule has 1 amide bonds. The molecule has 3 rings (SSSR count). The van der Waals surface area contributed by atoms with Crippen LogP contribution in [-0.4, -0.2) is 40.8 Å². The molecule has 1 aliphatic heterocycles. The molecule has 0 spiro atoms. The number of hydrogen-bond acceptors (Lipinski definition) is 3. The molecule has 26 heavy (non-hydrogen) atoms. The minimum absolute atomic E-state index is 0.147. The smallest absolute Gasteiger partial charge is 0.311 e. The van der Waals surface area contributed by atoms with E-state index in [1.165, 1.54) is 4.90 Å². The predicted octanol–water partition coefficient (Wildman–Crippen LogP) is 3.16. The summed E-state index contributed by atoms with van der Waals surface area (Å²) in [5, 5.41) is 9.36. The third-order valence-corrected chi connectivity index (χ3v) is 4.99. The van der Waals surface area contributed by atoms with Crippen LogP contribution in [0.4, 0.5) is 0 Å². The van der Waals surface area contributed by atoms with Crippen LogP contribution in [-0.2, 0) is 4.79 Å². The number of carbonyl (C=O) groups excluding carboxylic acids is 2. The van der Waals surface area contributed by atoms with E-state index in [1.54, 1.807) is 43.3 Å². The van der Waals surface area contributed by atoms with E-state index in [0.717, 1.165) is 5.56 Å². The second kappa shape index (κ2) is 6.75. The van der Waals surface area contributed by atoms with Crippen LogP contribution >= 0.6 is 0 Å². The summed E-state index contributed by atoms with van der Waals surface area (Å²) in [5.41, 5.74) is 1.28. The Morgan fingerprint density at radius 3 is 2.19 bits per heavy atom. The van der Waals surface area contributed by atoms with Gasteiger partial charge in [0.1, 0.15) is 0 Å². The van der Waals surface area contributed by atoms with E-state index in [0.29, 0.717) is 29.7 Å². The number of carboxylic acid groups (broad SMARTS) is 1. The summed E-state index contributed by atoms with van der Waals surface area (Å²) in [6.45, 7) is 4.10. The second-order valence-corrected chi connectivity index (χ2v) is 7.08. The van der Waals surface area contributed by atoms with Crippen molar-refractivity contribution in [2.45, 2.75) is 20.3 Å². The number of hydrogen-bond donors (Lipinski definition) is 1. The molecule has 2 aromatic carbocycles. The highest BCUT2D eigenvalue weighted by atomic mass is 16.4. The molecule has 1 N–H and O–H groups in total. The maximum absolute atomic E-state index is 12.9. The standard InChI is InChI=1S/C21H21NO4/c1-14-7-9-15(10-8-14)18(23)16-5-3-4-6-17(16)19(24)22-12-11-21(2,13-22)20(25)26/h3-10H,11-13H2,1-2H3,(H,25,26). The molecule has 1 aliphatic rings. The Labute approximate surface area is 152 Å². The van der Waals surface area contributed by atoms with Gasteiger partial charge in [-0.3, -0.25) is 14.4 Å². The largest absolute Gasteiger partial charge is 0.481 e. The van der Waals surface area contributed by atoms with Gasteiger partial charge in [0.15, 0.2) is 5.78 Å². The molecule has 0 bridgehead atoms. The zero-order valence-corrected chi connectivity index (χ0v) is 14.9. The molecule has 0 saturated carbocycles. The number of rotatable bonds is 4. The quantitative estimate of drug-likeness (QED) is 0.859. The first-order valence-corrected chi connectivity index (χ1v) is 8.55. The molecule has 5 nitrogen and oxygen atoms in total. The molecule has 0 aliphatic carbocycles. The van der Waals surface area contributed by atoms with Crippen LogP contribution in [0, 0.1) is 12.3 Å². The van der Waals surface area contributed by atoms with E-state index in [2.05, 4.69) is 0 Å². The third-order valence-electron chi connectivity index (χ3n) is 4.99. The van der Waals surface area contributed by atoms with Crippen molar-refractivity contribution in [3.63, 3.8) is 0 Å². The van der Waals surface area contributed by atoms with E-state index >= 15 is 0 Å². The summed E-state index contributed by atoms with van der Waals surface area (Å²) in [6, 6.07) is 13.9. The molecule has 0 radical (unpaired) electrons. The number of amides is 1. The third kappa shape index (κ3) is 3.25. The molecule has 5 heteroatoms. The summed E-state index contributed by atoms with van der Waals surface area (Å²) in [7, 11) is 0. The molecular formula is C21H21NO4. The summed E-state index contributed by atoms with van der Waals surface area (Å²) in [4.78, 5) is 38.8. The average Bonchev–Trinajstić information content (AvgIpc) is 3.05. The van der Waals surface area contributed by atoms with Crippen LogP contribution in [0.2, 0.25) is 0 Å². The minimum atomic E-state index is -0.939. The van der Waals surface area contributed by atoms with Crippen molar-refractivity contribution < 1.29 is 19.5 Å². The predicted molar refractivity (Wildman–Crippen MR) is 97.3 cm³/mol. The maximum atomic E-state index is 12.9.